The Morgan fingerprint density at radius 1 is 0.933 bits per heavy atom. The lowest BCUT2D eigenvalue weighted by atomic mass is 10.2. The maximum absolute atomic E-state index is 5.47. The number of hydrogen-bond acceptors (Lipinski definition) is 8. The Hall–Kier alpha value is -3.65. The predicted molar refractivity (Wildman–Crippen MR) is 113 cm³/mol. The maximum Gasteiger partial charge on any atom is 0.237 e. The first-order valence-corrected chi connectivity index (χ1v) is 10.2. The monoisotopic (exact) mass is 416 g/mol. The summed E-state index contributed by atoms with van der Waals surface area (Å²) in [5, 5.41) is 5.88. The molecule has 0 unspecified atom stereocenters. The van der Waals surface area contributed by atoms with Crippen molar-refractivity contribution in [1.82, 2.24) is 20.1 Å². The first-order valence-electron chi connectivity index (χ1n) is 9.20. The lowest BCUT2D eigenvalue weighted by Gasteiger charge is -2.06. The summed E-state index contributed by atoms with van der Waals surface area (Å²) < 4.78 is 16.2. The normalized spacial score (nSPS) is 11.1. The number of methoxy groups -OCH3 is 1. The van der Waals surface area contributed by atoms with Gasteiger partial charge in [0, 0.05) is 10.9 Å². The molecule has 0 saturated carbocycles. The molecule has 148 valence electrons. The van der Waals surface area contributed by atoms with Gasteiger partial charge in [0.15, 0.2) is 11.6 Å². The molecule has 0 aliphatic heterocycles. The van der Waals surface area contributed by atoms with E-state index in [1.165, 1.54) is 11.8 Å². The molecular weight excluding hydrogens is 400 g/mol. The molecule has 3 heterocycles. The maximum atomic E-state index is 5.47. The van der Waals surface area contributed by atoms with Gasteiger partial charge < -0.3 is 13.7 Å². The Labute approximate surface area is 176 Å². The number of rotatable bonds is 6. The molecule has 3 aromatic heterocycles. The zero-order valence-corrected chi connectivity index (χ0v) is 16.8. The fourth-order valence-corrected chi connectivity index (χ4v) is 3.85. The molecule has 2 aromatic carbocycles. The van der Waals surface area contributed by atoms with Crippen molar-refractivity contribution in [3.05, 3.63) is 72.8 Å². The van der Waals surface area contributed by atoms with E-state index in [1.807, 2.05) is 60.7 Å². The summed E-state index contributed by atoms with van der Waals surface area (Å²) in [5.41, 5.74) is 1.69. The van der Waals surface area contributed by atoms with Crippen molar-refractivity contribution in [2.75, 3.05) is 7.11 Å². The fourth-order valence-electron chi connectivity index (χ4n) is 3.00. The summed E-state index contributed by atoms with van der Waals surface area (Å²) in [6.45, 7) is 0. The molecule has 8 heteroatoms. The summed E-state index contributed by atoms with van der Waals surface area (Å²) in [7, 11) is 1.63. The molecule has 5 rings (SSSR count). The van der Waals surface area contributed by atoms with Crippen molar-refractivity contribution in [3.8, 4) is 28.7 Å². The number of fused-ring (bicyclic) bond motifs is 1. The van der Waals surface area contributed by atoms with Crippen molar-refractivity contribution in [1.29, 1.82) is 0 Å². The highest BCUT2D eigenvalue weighted by atomic mass is 32.2. The van der Waals surface area contributed by atoms with Crippen molar-refractivity contribution in [2.45, 2.75) is 10.8 Å². The number of nitrogens with zero attached hydrogens (tertiary/aromatic N) is 4. The topological polar surface area (TPSA) is 87.1 Å². The van der Waals surface area contributed by atoms with Crippen LogP contribution in [-0.4, -0.2) is 27.2 Å². The van der Waals surface area contributed by atoms with Crippen LogP contribution in [0.25, 0.3) is 33.9 Å². The van der Waals surface area contributed by atoms with Gasteiger partial charge in [0.2, 0.25) is 11.7 Å². The van der Waals surface area contributed by atoms with Crippen LogP contribution >= 0.6 is 11.8 Å². The van der Waals surface area contributed by atoms with Gasteiger partial charge in [-0.3, -0.25) is 0 Å². The molecule has 5 aromatic rings. The largest absolute Gasteiger partial charge is 0.497 e. The van der Waals surface area contributed by atoms with Gasteiger partial charge >= 0.3 is 0 Å². The van der Waals surface area contributed by atoms with Crippen LogP contribution in [0.1, 0.15) is 5.89 Å². The highest BCUT2D eigenvalue weighted by molar-refractivity contribution is 7.98. The lowest BCUT2D eigenvalue weighted by molar-refractivity contribution is 0.391. The summed E-state index contributed by atoms with van der Waals surface area (Å²) >= 11 is 1.52. The van der Waals surface area contributed by atoms with E-state index in [0.29, 0.717) is 29.1 Å². The third kappa shape index (κ3) is 3.65. The predicted octanol–water partition coefficient (Wildman–Crippen LogP) is 5.24. The van der Waals surface area contributed by atoms with E-state index in [-0.39, 0.29) is 0 Å². The van der Waals surface area contributed by atoms with E-state index in [9.17, 15) is 0 Å². The van der Waals surface area contributed by atoms with Gasteiger partial charge in [0.1, 0.15) is 10.8 Å². The van der Waals surface area contributed by atoms with E-state index in [4.69, 9.17) is 18.7 Å². The molecule has 7 nitrogen and oxygen atoms in total. The molecule has 0 aliphatic carbocycles. The molecule has 0 saturated heterocycles. The van der Waals surface area contributed by atoms with E-state index >= 15 is 0 Å². The van der Waals surface area contributed by atoms with E-state index in [0.717, 1.165) is 27.2 Å². The first kappa shape index (κ1) is 18.4. The second kappa shape index (κ2) is 8.00. The molecule has 0 aliphatic rings. The molecule has 0 amide bonds. The highest BCUT2D eigenvalue weighted by Crippen LogP contribution is 2.31. The first-order chi connectivity index (χ1) is 14.8. The van der Waals surface area contributed by atoms with Gasteiger partial charge in [0.25, 0.3) is 0 Å². The molecule has 0 atom stereocenters. The molecule has 30 heavy (non-hydrogen) atoms. The molecular formula is C22H16N4O3S. The van der Waals surface area contributed by atoms with E-state index < -0.39 is 0 Å². The van der Waals surface area contributed by atoms with Crippen molar-refractivity contribution >= 4 is 22.7 Å². The SMILES string of the molecule is COc1cccc(-c2noc(CSc3nc(-c4ccco4)nc4ccccc34)n2)c1. The van der Waals surface area contributed by atoms with Gasteiger partial charge in [-0.25, -0.2) is 9.97 Å². The third-order valence-corrected chi connectivity index (χ3v) is 5.41. The average Bonchev–Trinajstić information content (AvgIpc) is 3.50. The minimum atomic E-state index is 0.482. The molecule has 0 radical (unpaired) electrons. The number of hydrogen-bond donors (Lipinski definition) is 0. The van der Waals surface area contributed by atoms with Gasteiger partial charge in [-0.1, -0.05) is 47.3 Å². The van der Waals surface area contributed by atoms with Crippen LogP contribution in [-0.2, 0) is 5.75 Å². The Kier molecular flexibility index (Phi) is 4.90. The number of ether oxygens (including phenoxy) is 1. The van der Waals surface area contributed by atoms with Gasteiger partial charge in [-0.2, -0.15) is 4.98 Å². The molecule has 0 spiro atoms. The van der Waals surface area contributed by atoms with Crippen molar-refractivity contribution in [3.63, 3.8) is 0 Å². The molecule has 0 fully saturated rings. The van der Waals surface area contributed by atoms with Crippen LogP contribution in [0.2, 0.25) is 0 Å². The zero-order valence-electron chi connectivity index (χ0n) is 16.0. The quantitative estimate of drug-likeness (QED) is 0.274. The number of para-hydroxylation sites is 1. The summed E-state index contributed by atoms with van der Waals surface area (Å²) in [6.07, 6.45) is 1.61. The van der Waals surface area contributed by atoms with E-state index in [1.54, 1.807) is 13.4 Å². The molecule has 0 N–H and O–H groups in total. The Balaban J connectivity index is 1.42. The van der Waals surface area contributed by atoms with Gasteiger partial charge in [-0.15, -0.1) is 0 Å². The molecule has 0 bridgehead atoms. The number of furan rings is 1. The summed E-state index contributed by atoms with van der Waals surface area (Å²) in [5.74, 6) is 3.43. The second-order valence-corrected chi connectivity index (χ2v) is 7.34. The van der Waals surface area contributed by atoms with Crippen molar-refractivity contribution < 1.29 is 13.7 Å². The lowest BCUT2D eigenvalue weighted by Crippen LogP contribution is -1.93. The van der Waals surface area contributed by atoms with Crippen LogP contribution in [0.3, 0.4) is 0 Å². The van der Waals surface area contributed by atoms with Crippen LogP contribution in [0.15, 0.2) is 80.9 Å². The van der Waals surface area contributed by atoms with Crippen LogP contribution in [0.4, 0.5) is 0 Å². The average molecular weight is 416 g/mol. The minimum Gasteiger partial charge on any atom is -0.497 e. The van der Waals surface area contributed by atoms with Crippen LogP contribution < -0.4 is 4.74 Å². The summed E-state index contributed by atoms with van der Waals surface area (Å²) in [4.78, 5) is 13.8. The van der Waals surface area contributed by atoms with Crippen LogP contribution in [0, 0.1) is 0 Å². The Morgan fingerprint density at radius 3 is 2.73 bits per heavy atom. The standard InChI is InChI=1S/C22H16N4O3S/c1-27-15-7-4-6-14(12-15)20-24-19(29-26-20)13-30-22-16-8-2-3-9-17(16)23-21(25-22)18-10-5-11-28-18/h2-12H,13H2,1H3. The third-order valence-electron chi connectivity index (χ3n) is 4.44. The van der Waals surface area contributed by atoms with Gasteiger partial charge in [0.05, 0.1) is 24.6 Å². The second-order valence-electron chi connectivity index (χ2n) is 6.38. The number of benzene rings is 2. The highest BCUT2D eigenvalue weighted by Gasteiger charge is 2.14. The number of thioether (sulfide) groups is 1. The van der Waals surface area contributed by atoms with E-state index in [2.05, 4.69) is 15.1 Å². The van der Waals surface area contributed by atoms with Gasteiger partial charge in [-0.05, 0) is 30.3 Å². The fraction of sp³-hybridized carbons (Fsp3) is 0.0909. The number of aromatic nitrogens is 4. The smallest absolute Gasteiger partial charge is 0.237 e. The minimum absolute atomic E-state index is 0.482. The zero-order chi connectivity index (χ0) is 20.3. The Bertz CT molecular complexity index is 1300. The Morgan fingerprint density at radius 2 is 1.87 bits per heavy atom. The van der Waals surface area contributed by atoms with Crippen molar-refractivity contribution in [2.24, 2.45) is 0 Å². The summed E-state index contributed by atoms with van der Waals surface area (Å²) in [6, 6.07) is 19.1. The van der Waals surface area contributed by atoms with Crippen LogP contribution in [0.5, 0.6) is 5.75 Å².